The number of halogens is 1. The molecule has 0 aliphatic rings. The Morgan fingerprint density at radius 2 is 1.93 bits per heavy atom. The summed E-state index contributed by atoms with van der Waals surface area (Å²) in [4.78, 5) is 29.3. The fourth-order valence-corrected chi connectivity index (χ4v) is 3.12. The van der Waals surface area contributed by atoms with E-state index in [0.717, 1.165) is 27.7 Å². The standard InChI is InChI=1S/C21H21ClN2O3/c1-13-14(2)23-19-8-7-16(10-18(13)19)21(26)27-12-20(25)24(3)11-15-5-4-6-17(22)9-15/h4-10,23H,11-12H2,1-3H3. The molecule has 140 valence electrons. The van der Waals surface area contributed by atoms with Gasteiger partial charge in [-0.05, 0) is 55.3 Å². The lowest BCUT2D eigenvalue weighted by Gasteiger charge is -2.17. The summed E-state index contributed by atoms with van der Waals surface area (Å²) < 4.78 is 5.20. The second-order valence-electron chi connectivity index (χ2n) is 6.59. The highest BCUT2D eigenvalue weighted by molar-refractivity contribution is 6.30. The van der Waals surface area contributed by atoms with E-state index in [1.165, 1.54) is 4.90 Å². The zero-order valence-electron chi connectivity index (χ0n) is 15.5. The minimum atomic E-state index is -0.514. The van der Waals surface area contributed by atoms with Crippen molar-refractivity contribution in [3.05, 3.63) is 69.9 Å². The lowest BCUT2D eigenvalue weighted by Crippen LogP contribution is -2.30. The molecule has 0 spiro atoms. The number of likely N-dealkylation sites (N-methyl/N-ethyl adjacent to an activating group) is 1. The third-order valence-electron chi connectivity index (χ3n) is 4.61. The van der Waals surface area contributed by atoms with Gasteiger partial charge in [0.15, 0.2) is 6.61 Å². The zero-order valence-corrected chi connectivity index (χ0v) is 16.3. The number of hydrogen-bond acceptors (Lipinski definition) is 3. The van der Waals surface area contributed by atoms with Gasteiger partial charge in [-0.15, -0.1) is 0 Å². The largest absolute Gasteiger partial charge is 0.452 e. The van der Waals surface area contributed by atoms with Crippen molar-refractivity contribution in [1.82, 2.24) is 9.88 Å². The number of aryl methyl sites for hydroxylation is 2. The number of hydrogen-bond donors (Lipinski definition) is 1. The zero-order chi connectivity index (χ0) is 19.6. The highest BCUT2D eigenvalue weighted by Crippen LogP contribution is 2.22. The summed E-state index contributed by atoms with van der Waals surface area (Å²) in [6, 6.07) is 12.6. The van der Waals surface area contributed by atoms with Crippen LogP contribution >= 0.6 is 11.6 Å². The molecule has 0 bridgehead atoms. The Kier molecular flexibility index (Phi) is 5.51. The monoisotopic (exact) mass is 384 g/mol. The molecule has 0 saturated carbocycles. The molecule has 27 heavy (non-hydrogen) atoms. The summed E-state index contributed by atoms with van der Waals surface area (Å²) in [6.45, 7) is 4.07. The van der Waals surface area contributed by atoms with Crippen LogP contribution in [0.2, 0.25) is 5.02 Å². The van der Waals surface area contributed by atoms with Crippen LogP contribution in [0, 0.1) is 13.8 Å². The van der Waals surface area contributed by atoms with Crippen LogP contribution in [0.3, 0.4) is 0 Å². The van der Waals surface area contributed by atoms with E-state index >= 15 is 0 Å². The van der Waals surface area contributed by atoms with Gasteiger partial charge in [0, 0.05) is 35.2 Å². The number of amides is 1. The number of carbonyl (C=O) groups excluding carboxylic acids is 2. The quantitative estimate of drug-likeness (QED) is 0.669. The van der Waals surface area contributed by atoms with Crippen LogP contribution in [0.1, 0.15) is 27.2 Å². The van der Waals surface area contributed by atoms with Gasteiger partial charge in [-0.1, -0.05) is 23.7 Å². The molecular weight excluding hydrogens is 364 g/mol. The number of ether oxygens (including phenoxy) is 1. The lowest BCUT2D eigenvalue weighted by atomic mass is 10.1. The average molecular weight is 385 g/mol. The smallest absolute Gasteiger partial charge is 0.338 e. The molecule has 3 aromatic rings. The summed E-state index contributed by atoms with van der Waals surface area (Å²) in [5.74, 6) is -0.794. The van der Waals surface area contributed by atoms with Crippen LogP contribution < -0.4 is 0 Å². The summed E-state index contributed by atoms with van der Waals surface area (Å²) in [5, 5.41) is 1.59. The minimum absolute atomic E-state index is 0.280. The van der Waals surface area contributed by atoms with E-state index in [2.05, 4.69) is 4.98 Å². The van der Waals surface area contributed by atoms with E-state index in [-0.39, 0.29) is 12.5 Å². The Hall–Kier alpha value is -2.79. The van der Waals surface area contributed by atoms with Crippen molar-refractivity contribution in [1.29, 1.82) is 0 Å². The molecule has 0 atom stereocenters. The summed E-state index contributed by atoms with van der Waals surface area (Å²) in [5.41, 5.74) is 4.47. The molecule has 0 unspecified atom stereocenters. The highest BCUT2D eigenvalue weighted by Gasteiger charge is 2.15. The first-order valence-electron chi connectivity index (χ1n) is 8.59. The van der Waals surface area contributed by atoms with Gasteiger partial charge in [0.05, 0.1) is 5.56 Å². The first kappa shape index (κ1) is 19.0. The van der Waals surface area contributed by atoms with Gasteiger partial charge in [-0.2, -0.15) is 0 Å². The van der Waals surface area contributed by atoms with Crippen LogP contribution in [0.15, 0.2) is 42.5 Å². The molecule has 0 saturated heterocycles. The first-order valence-corrected chi connectivity index (χ1v) is 8.97. The van der Waals surface area contributed by atoms with Gasteiger partial charge in [-0.3, -0.25) is 4.79 Å². The third-order valence-corrected chi connectivity index (χ3v) is 4.84. The number of esters is 1. The van der Waals surface area contributed by atoms with Gasteiger partial charge in [0.1, 0.15) is 0 Å². The van der Waals surface area contributed by atoms with E-state index in [1.54, 1.807) is 31.3 Å². The number of benzene rings is 2. The number of rotatable bonds is 5. The fraction of sp³-hybridized carbons (Fsp3) is 0.238. The predicted molar refractivity (Wildman–Crippen MR) is 106 cm³/mol. The van der Waals surface area contributed by atoms with Gasteiger partial charge < -0.3 is 14.6 Å². The van der Waals surface area contributed by atoms with Gasteiger partial charge in [-0.25, -0.2) is 4.79 Å². The third kappa shape index (κ3) is 4.31. The Labute approximate surface area is 162 Å². The number of aromatic amines is 1. The maximum Gasteiger partial charge on any atom is 0.338 e. The van der Waals surface area contributed by atoms with Crippen LogP contribution in [-0.2, 0) is 16.1 Å². The van der Waals surface area contributed by atoms with Gasteiger partial charge in [0.25, 0.3) is 5.91 Å². The summed E-state index contributed by atoms with van der Waals surface area (Å²) in [7, 11) is 1.66. The predicted octanol–water partition coefficient (Wildman–Crippen LogP) is 4.25. The summed E-state index contributed by atoms with van der Waals surface area (Å²) in [6.07, 6.45) is 0. The second kappa shape index (κ2) is 7.84. The molecule has 2 aromatic carbocycles. The molecule has 0 fully saturated rings. The molecular formula is C21H21ClN2O3. The number of H-pyrrole nitrogens is 1. The van der Waals surface area contributed by atoms with Crippen LogP contribution in [0.5, 0.6) is 0 Å². The molecule has 3 rings (SSSR count). The van der Waals surface area contributed by atoms with E-state index < -0.39 is 5.97 Å². The number of carbonyl (C=O) groups is 2. The molecule has 5 nitrogen and oxygen atoms in total. The molecule has 1 aromatic heterocycles. The number of nitrogens with one attached hydrogen (secondary N) is 1. The Balaban J connectivity index is 1.61. The van der Waals surface area contributed by atoms with Crippen molar-refractivity contribution in [2.45, 2.75) is 20.4 Å². The van der Waals surface area contributed by atoms with E-state index in [0.29, 0.717) is 17.1 Å². The highest BCUT2D eigenvalue weighted by atomic mass is 35.5. The molecule has 0 radical (unpaired) electrons. The normalized spacial score (nSPS) is 10.8. The van der Waals surface area contributed by atoms with Crippen molar-refractivity contribution in [3.63, 3.8) is 0 Å². The van der Waals surface area contributed by atoms with Crippen molar-refractivity contribution in [2.24, 2.45) is 0 Å². The van der Waals surface area contributed by atoms with Gasteiger partial charge >= 0.3 is 5.97 Å². The van der Waals surface area contributed by atoms with Crippen LogP contribution in [-0.4, -0.2) is 35.4 Å². The van der Waals surface area contributed by atoms with Gasteiger partial charge in [0.2, 0.25) is 0 Å². The SMILES string of the molecule is Cc1[nH]c2ccc(C(=O)OCC(=O)N(C)Cc3cccc(Cl)c3)cc2c1C. The Morgan fingerprint density at radius 1 is 1.15 bits per heavy atom. The molecule has 6 heteroatoms. The number of nitrogens with zero attached hydrogens (tertiary/aromatic N) is 1. The summed E-state index contributed by atoms with van der Waals surface area (Å²) >= 11 is 5.96. The van der Waals surface area contributed by atoms with Crippen molar-refractivity contribution in [3.8, 4) is 0 Å². The maximum absolute atomic E-state index is 12.3. The maximum atomic E-state index is 12.3. The van der Waals surface area contributed by atoms with E-state index in [4.69, 9.17) is 16.3 Å². The molecule has 0 aliphatic heterocycles. The van der Waals surface area contributed by atoms with E-state index in [9.17, 15) is 9.59 Å². The topological polar surface area (TPSA) is 62.4 Å². The second-order valence-corrected chi connectivity index (χ2v) is 7.03. The number of fused-ring (bicyclic) bond motifs is 1. The Morgan fingerprint density at radius 3 is 2.67 bits per heavy atom. The molecule has 0 aliphatic carbocycles. The fourth-order valence-electron chi connectivity index (χ4n) is 2.91. The van der Waals surface area contributed by atoms with Crippen molar-refractivity contribution >= 4 is 34.4 Å². The molecule has 1 N–H and O–H groups in total. The van der Waals surface area contributed by atoms with Crippen LogP contribution in [0.4, 0.5) is 0 Å². The lowest BCUT2D eigenvalue weighted by molar-refractivity contribution is -0.133. The van der Waals surface area contributed by atoms with E-state index in [1.807, 2.05) is 32.0 Å². The van der Waals surface area contributed by atoms with Crippen molar-refractivity contribution < 1.29 is 14.3 Å². The number of aromatic nitrogens is 1. The average Bonchev–Trinajstić information content (AvgIpc) is 2.93. The van der Waals surface area contributed by atoms with Crippen molar-refractivity contribution in [2.75, 3.05) is 13.7 Å². The molecule has 1 amide bonds. The molecule has 1 heterocycles. The Bertz CT molecular complexity index is 1010. The van der Waals surface area contributed by atoms with Crippen LogP contribution in [0.25, 0.3) is 10.9 Å². The first-order chi connectivity index (χ1) is 12.8. The minimum Gasteiger partial charge on any atom is -0.452 e.